The number of amides is 1. The Bertz CT molecular complexity index is 489. The SMILES string of the molecule is CC(C)C[C@H](NC(=O)OC(C)(C)C)C(=O)Cc1ccccc1. The molecule has 0 aromatic heterocycles. The molecule has 0 aliphatic carbocycles. The van der Waals surface area contributed by atoms with Gasteiger partial charge in [0.2, 0.25) is 0 Å². The van der Waals surface area contributed by atoms with Crippen molar-refractivity contribution >= 4 is 11.9 Å². The molecule has 0 aliphatic rings. The van der Waals surface area contributed by atoms with Crippen LogP contribution in [0.5, 0.6) is 0 Å². The Morgan fingerprint density at radius 2 is 1.73 bits per heavy atom. The van der Waals surface area contributed by atoms with E-state index in [1.165, 1.54) is 0 Å². The Morgan fingerprint density at radius 1 is 1.14 bits per heavy atom. The van der Waals surface area contributed by atoms with Crippen LogP contribution < -0.4 is 5.32 Å². The molecule has 22 heavy (non-hydrogen) atoms. The van der Waals surface area contributed by atoms with E-state index in [1.807, 2.05) is 44.2 Å². The maximum absolute atomic E-state index is 12.5. The van der Waals surface area contributed by atoms with E-state index in [9.17, 15) is 9.59 Å². The van der Waals surface area contributed by atoms with E-state index < -0.39 is 17.7 Å². The van der Waals surface area contributed by atoms with Crippen molar-refractivity contribution in [3.05, 3.63) is 35.9 Å². The number of carbonyl (C=O) groups is 2. The summed E-state index contributed by atoms with van der Waals surface area (Å²) in [5.74, 6) is 0.311. The molecule has 0 bridgehead atoms. The number of ketones is 1. The number of alkyl carbamates (subject to hydrolysis) is 1. The van der Waals surface area contributed by atoms with E-state index in [0.29, 0.717) is 18.8 Å². The van der Waals surface area contributed by atoms with Crippen molar-refractivity contribution in [3.63, 3.8) is 0 Å². The molecule has 1 N–H and O–H groups in total. The second-order valence-electron chi connectivity index (χ2n) is 6.96. The van der Waals surface area contributed by atoms with Crippen molar-refractivity contribution in [2.75, 3.05) is 0 Å². The first-order valence-electron chi connectivity index (χ1n) is 7.73. The number of ether oxygens (including phenoxy) is 1. The maximum atomic E-state index is 12.5. The Morgan fingerprint density at radius 3 is 2.23 bits per heavy atom. The van der Waals surface area contributed by atoms with Gasteiger partial charge in [0.15, 0.2) is 5.78 Å². The van der Waals surface area contributed by atoms with Gasteiger partial charge in [-0.3, -0.25) is 4.79 Å². The van der Waals surface area contributed by atoms with E-state index >= 15 is 0 Å². The monoisotopic (exact) mass is 305 g/mol. The Kier molecular flexibility index (Phi) is 6.60. The van der Waals surface area contributed by atoms with Gasteiger partial charge >= 0.3 is 6.09 Å². The fourth-order valence-electron chi connectivity index (χ4n) is 2.11. The molecule has 0 radical (unpaired) electrons. The van der Waals surface area contributed by atoms with Crippen molar-refractivity contribution in [2.24, 2.45) is 5.92 Å². The molecular formula is C18H27NO3. The first-order chi connectivity index (χ1) is 10.2. The van der Waals surface area contributed by atoms with Crippen LogP contribution in [0.15, 0.2) is 30.3 Å². The van der Waals surface area contributed by atoms with Gasteiger partial charge in [0.1, 0.15) is 5.60 Å². The largest absolute Gasteiger partial charge is 0.444 e. The average molecular weight is 305 g/mol. The molecule has 1 aromatic carbocycles. The van der Waals surface area contributed by atoms with E-state index in [2.05, 4.69) is 5.32 Å². The van der Waals surface area contributed by atoms with Crippen LogP contribution in [0.1, 0.15) is 46.6 Å². The van der Waals surface area contributed by atoms with E-state index in [-0.39, 0.29) is 5.78 Å². The fraction of sp³-hybridized carbons (Fsp3) is 0.556. The topological polar surface area (TPSA) is 55.4 Å². The second-order valence-corrected chi connectivity index (χ2v) is 6.96. The van der Waals surface area contributed by atoms with Gasteiger partial charge in [0, 0.05) is 6.42 Å². The van der Waals surface area contributed by atoms with Gasteiger partial charge in [-0.25, -0.2) is 4.79 Å². The van der Waals surface area contributed by atoms with Gasteiger partial charge in [0.25, 0.3) is 0 Å². The lowest BCUT2D eigenvalue weighted by atomic mass is 9.96. The smallest absolute Gasteiger partial charge is 0.408 e. The van der Waals surface area contributed by atoms with Gasteiger partial charge in [0.05, 0.1) is 6.04 Å². The van der Waals surface area contributed by atoms with Crippen LogP contribution in [0.25, 0.3) is 0 Å². The molecule has 0 spiro atoms. The van der Waals surface area contributed by atoms with Crippen molar-refractivity contribution in [2.45, 2.75) is 59.1 Å². The minimum atomic E-state index is -0.574. The molecular weight excluding hydrogens is 278 g/mol. The molecule has 0 fully saturated rings. The van der Waals surface area contributed by atoms with E-state index in [0.717, 1.165) is 5.56 Å². The third-order valence-corrected chi connectivity index (χ3v) is 3.01. The standard InChI is InChI=1S/C18H27NO3/c1-13(2)11-15(19-17(21)22-18(3,4)5)16(20)12-14-9-7-6-8-10-14/h6-10,13,15H,11-12H2,1-5H3,(H,19,21)/t15-/m0/s1. The highest BCUT2D eigenvalue weighted by Crippen LogP contribution is 2.12. The quantitative estimate of drug-likeness (QED) is 0.871. The molecule has 0 saturated carbocycles. The summed E-state index contributed by atoms with van der Waals surface area (Å²) in [6.45, 7) is 9.46. The van der Waals surface area contributed by atoms with Crippen LogP contribution in [-0.4, -0.2) is 23.5 Å². The van der Waals surface area contributed by atoms with Gasteiger partial charge in [-0.2, -0.15) is 0 Å². The zero-order chi connectivity index (χ0) is 16.8. The highest BCUT2D eigenvalue weighted by Gasteiger charge is 2.24. The van der Waals surface area contributed by atoms with Crippen LogP contribution in [-0.2, 0) is 16.0 Å². The summed E-state index contributed by atoms with van der Waals surface area (Å²) in [6.07, 6.45) is 0.374. The maximum Gasteiger partial charge on any atom is 0.408 e. The molecule has 4 heteroatoms. The molecule has 0 saturated heterocycles. The molecule has 0 heterocycles. The molecule has 0 unspecified atom stereocenters. The summed E-state index contributed by atoms with van der Waals surface area (Å²) in [7, 11) is 0. The number of nitrogens with one attached hydrogen (secondary N) is 1. The van der Waals surface area contributed by atoms with E-state index in [1.54, 1.807) is 20.8 Å². The number of benzene rings is 1. The van der Waals surface area contributed by atoms with Crippen molar-refractivity contribution in [1.29, 1.82) is 0 Å². The first-order valence-corrected chi connectivity index (χ1v) is 7.73. The zero-order valence-corrected chi connectivity index (χ0v) is 14.2. The number of hydrogen-bond donors (Lipinski definition) is 1. The molecule has 1 amide bonds. The normalized spacial score (nSPS) is 12.8. The zero-order valence-electron chi connectivity index (χ0n) is 14.2. The highest BCUT2D eigenvalue weighted by molar-refractivity contribution is 5.89. The molecule has 1 rings (SSSR count). The number of hydrogen-bond acceptors (Lipinski definition) is 3. The Labute approximate surface area is 133 Å². The summed E-state index contributed by atoms with van der Waals surface area (Å²) < 4.78 is 5.25. The first kappa shape index (κ1) is 18.2. The molecule has 0 aliphatic heterocycles. The molecule has 122 valence electrons. The lowest BCUT2D eigenvalue weighted by molar-refractivity contribution is -0.120. The minimum absolute atomic E-state index is 0.00533. The number of Topliss-reactive ketones (excluding diaryl/α,β-unsaturated/α-hetero) is 1. The lowest BCUT2D eigenvalue weighted by Gasteiger charge is -2.24. The van der Waals surface area contributed by atoms with Gasteiger partial charge < -0.3 is 10.1 Å². The summed E-state index contributed by atoms with van der Waals surface area (Å²) in [5.41, 5.74) is 0.377. The summed E-state index contributed by atoms with van der Waals surface area (Å²) in [4.78, 5) is 24.4. The highest BCUT2D eigenvalue weighted by atomic mass is 16.6. The molecule has 4 nitrogen and oxygen atoms in total. The van der Waals surface area contributed by atoms with Gasteiger partial charge in [-0.05, 0) is 38.7 Å². The van der Waals surface area contributed by atoms with Crippen LogP contribution >= 0.6 is 0 Å². The van der Waals surface area contributed by atoms with Gasteiger partial charge in [-0.1, -0.05) is 44.2 Å². The summed E-state index contributed by atoms with van der Waals surface area (Å²) in [5, 5.41) is 2.71. The fourth-order valence-corrected chi connectivity index (χ4v) is 2.11. The summed E-state index contributed by atoms with van der Waals surface area (Å²) in [6, 6.07) is 9.03. The van der Waals surface area contributed by atoms with Gasteiger partial charge in [-0.15, -0.1) is 0 Å². The Hall–Kier alpha value is -1.84. The van der Waals surface area contributed by atoms with Crippen molar-refractivity contribution in [1.82, 2.24) is 5.32 Å². The van der Waals surface area contributed by atoms with Crippen molar-refractivity contribution < 1.29 is 14.3 Å². The van der Waals surface area contributed by atoms with Crippen LogP contribution in [0.3, 0.4) is 0 Å². The molecule has 1 aromatic rings. The third-order valence-electron chi connectivity index (χ3n) is 3.01. The van der Waals surface area contributed by atoms with Crippen LogP contribution in [0.2, 0.25) is 0 Å². The lowest BCUT2D eigenvalue weighted by Crippen LogP contribution is -2.44. The third kappa shape index (κ3) is 7.25. The van der Waals surface area contributed by atoms with Crippen LogP contribution in [0.4, 0.5) is 4.79 Å². The number of carbonyl (C=O) groups excluding carboxylic acids is 2. The van der Waals surface area contributed by atoms with Crippen molar-refractivity contribution in [3.8, 4) is 0 Å². The molecule has 1 atom stereocenters. The predicted octanol–water partition coefficient (Wildman–Crippen LogP) is 3.74. The minimum Gasteiger partial charge on any atom is -0.444 e. The predicted molar refractivity (Wildman–Crippen MR) is 87.8 cm³/mol. The average Bonchev–Trinajstić information content (AvgIpc) is 2.36. The number of rotatable bonds is 6. The summed E-state index contributed by atoms with van der Waals surface area (Å²) >= 11 is 0. The Balaban J connectivity index is 2.71. The van der Waals surface area contributed by atoms with Crippen LogP contribution in [0, 0.1) is 5.92 Å². The second kappa shape index (κ2) is 7.97. The van der Waals surface area contributed by atoms with E-state index in [4.69, 9.17) is 4.74 Å².